The van der Waals surface area contributed by atoms with Crippen LogP contribution in [0.15, 0.2) is 120 Å². The zero-order valence-corrected chi connectivity index (χ0v) is 21.3. The van der Waals surface area contributed by atoms with Gasteiger partial charge in [-0.1, -0.05) is 78.9 Å². The smallest absolute Gasteiger partial charge is 0.226 e. The van der Waals surface area contributed by atoms with E-state index in [0.717, 1.165) is 27.8 Å². The fraction of sp³-hybridized carbons (Fsp3) is 0.0571. The lowest BCUT2D eigenvalue weighted by atomic mass is 9.96. The van der Waals surface area contributed by atoms with Crippen LogP contribution in [-0.2, 0) is 7.05 Å². The Morgan fingerprint density at radius 2 is 1.39 bits per heavy atom. The van der Waals surface area contributed by atoms with E-state index >= 15 is 0 Å². The molecule has 0 aliphatic heterocycles. The van der Waals surface area contributed by atoms with Crippen molar-refractivity contribution < 1.29 is 8.98 Å². The van der Waals surface area contributed by atoms with Crippen molar-refractivity contribution in [2.24, 2.45) is 7.05 Å². The highest BCUT2D eigenvalue weighted by molar-refractivity contribution is 6.22. The molecule has 0 saturated carbocycles. The van der Waals surface area contributed by atoms with Crippen molar-refractivity contribution in [1.82, 2.24) is 4.57 Å². The second-order valence-corrected chi connectivity index (χ2v) is 10.1. The Hall–Kier alpha value is -4.89. The molecule has 8 rings (SSSR count). The number of fused-ring (bicyclic) bond motifs is 8. The van der Waals surface area contributed by atoms with Gasteiger partial charge in [0.05, 0.1) is 22.0 Å². The average molecular weight is 490 g/mol. The molecule has 3 aromatic heterocycles. The molecule has 38 heavy (non-hydrogen) atoms. The number of hydrogen-bond donors (Lipinski definition) is 0. The van der Waals surface area contributed by atoms with Crippen LogP contribution < -0.4 is 4.57 Å². The summed E-state index contributed by atoms with van der Waals surface area (Å²) in [6, 6.07) is 38.8. The number of para-hydroxylation sites is 2. The maximum Gasteiger partial charge on any atom is 0.226 e. The van der Waals surface area contributed by atoms with E-state index in [-0.39, 0.29) is 0 Å². The number of furan rings is 1. The van der Waals surface area contributed by atoms with Crippen LogP contribution in [0.4, 0.5) is 0 Å². The van der Waals surface area contributed by atoms with Gasteiger partial charge in [0.25, 0.3) is 0 Å². The molecule has 0 amide bonds. The van der Waals surface area contributed by atoms with Gasteiger partial charge < -0.3 is 8.98 Å². The lowest BCUT2D eigenvalue weighted by molar-refractivity contribution is -0.659. The molecule has 180 valence electrons. The third-order valence-corrected chi connectivity index (χ3v) is 7.95. The third-order valence-electron chi connectivity index (χ3n) is 7.95. The molecular formula is C35H25N2O+. The van der Waals surface area contributed by atoms with Gasteiger partial charge in [-0.25, -0.2) is 4.57 Å². The summed E-state index contributed by atoms with van der Waals surface area (Å²) >= 11 is 0. The number of rotatable bonds is 2. The molecular weight excluding hydrogens is 464 g/mol. The summed E-state index contributed by atoms with van der Waals surface area (Å²) in [4.78, 5) is 0. The van der Waals surface area contributed by atoms with Gasteiger partial charge in [-0.2, -0.15) is 0 Å². The predicted octanol–water partition coefficient (Wildman–Crippen LogP) is 8.64. The van der Waals surface area contributed by atoms with Crippen LogP contribution in [-0.4, -0.2) is 4.57 Å². The largest absolute Gasteiger partial charge is 0.455 e. The molecule has 5 aromatic carbocycles. The van der Waals surface area contributed by atoms with E-state index in [1.54, 1.807) is 0 Å². The van der Waals surface area contributed by atoms with E-state index in [9.17, 15) is 0 Å². The zero-order valence-electron chi connectivity index (χ0n) is 21.3. The first-order chi connectivity index (χ1) is 18.7. The standard InChI is InChI=1S/C35H25N2O/c1-22-16-18-27-32-25-13-7-6-10-23(25)17-19-30(32)38-35(27)31(22)34-33-26-14-8-9-15-28(26)37(24-11-4-3-5-12-24)29(33)20-21-36(34)2/h3-21H,1-2H3/q+1. The van der Waals surface area contributed by atoms with Gasteiger partial charge in [0, 0.05) is 27.9 Å². The Balaban J connectivity index is 1.56. The molecule has 0 spiro atoms. The molecule has 0 saturated heterocycles. The Kier molecular flexibility index (Phi) is 4.36. The summed E-state index contributed by atoms with van der Waals surface area (Å²) in [5.74, 6) is 0. The molecule has 3 heterocycles. The SMILES string of the molecule is Cc1ccc2c(oc3ccc4ccccc4c32)c1-c1c2c3ccccc3n(-c3ccccc3)c2cc[n+]1C. The predicted molar refractivity (Wildman–Crippen MR) is 157 cm³/mol. The van der Waals surface area contributed by atoms with Gasteiger partial charge in [0.15, 0.2) is 6.20 Å². The van der Waals surface area contributed by atoms with E-state index in [0.29, 0.717) is 0 Å². The lowest BCUT2D eigenvalue weighted by Crippen LogP contribution is -2.30. The number of nitrogens with zero attached hydrogens (tertiary/aromatic N) is 2. The Morgan fingerprint density at radius 3 is 2.26 bits per heavy atom. The van der Waals surface area contributed by atoms with Crippen LogP contribution in [0, 0.1) is 6.92 Å². The summed E-state index contributed by atoms with van der Waals surface area (Å²) in [5.41, 5.74) is 8.91. The molecule has 0 N–H and O–H groups in total. The number of aromatic nitrogens is 2. The number of hydrogen-bond acceptors (Lipinski definition) is 1. The highest BCUT2D eigenvalue weighted by atomic mass is 16.3. The van der Waals surface area contributed by atoms with E-state index in [1.807, 2.05) is 0 Å². The molecule has 0 fully saturated rings. The number of benzene rings is 5. The molecule has 0 atom stereocenters. The highest BCUT2D eigenvalue weighted by Gasteiger charge is 2.27. The van der Waals surface area contributed by atoms with E-state index < -0.39 is 0 Å². The van der Waals surface area contributed by atoms with Crippen LogP contribution in [0.1, 0.15) is 5.56 Å². The minimum atomic E-state index is 0.923. The lowest BCUT2D eigenvalue weighted by Gasteiger charge is -2.09. The fourth-order valence-corrected chi connectivity index (χ4v) is 6.26. The summed E-state index contributed by atoms with van der Waals surface area (Å²) in [6.07, 6.45) is 2.17. The van der Waals surface area contributed by atoms with Gasteiger partial charge in [0.2, 0.25) is 5.69 Å². The van der Waals surface area contributed by atoms with E-state index in [4.69, 9.17) is 4.42 Å². The maximum atomic E-state index is 6.71. The molecule has 0 aliphatic carbocycles. The Bertz CT molecular complexity index is 2200. The van der Waals surface area contributed by atoms with E-state index in [1.165, 1.54) is 49.2 Å². The highest BCUT2D eigenvalue weighted by Crippen LogP contribution is 2.43. The van der Waals surface area contributed by atoms with Gasteiger partial charge in [-0.15, -0.1) is 0 Å². The van der Waals surface area contributed by atoms with Gasteiger partial charge in [-0.05, 0) is 47.5 Å². The van der Waals surface area contributed by atoms with Crippen molar-refractivity contribution in [3.63, 3.8) is 0 Å². The molecule has 0 radical (unpaired) electrons. The first-order valence-electron chi connectivity index (χ1n) is 13.0. The van der Waals surface area contributed by atoms with Crippen molar-refractivity contribution in [2.75, 3.05) is 0 Å². The van der Waals surface area contributed by atoms with Crippen molar-refractivity contribution >= 4 is 54.5 Å². The zero-order chi connectivity index (χ0) is 25.4. The second kappa shape index (κ2) is 7.80. The quantitative estimate of drug-likeness (QED) is 0.223. The minimum Gasteiger partial charge on any atom is -0.455 e. The van der Waals surface area contributed by atoms with Crippen LogP contribution in [0.3, 0.4) is 0 Å². The Labute approximate surface area is 219 Å². The Morgan fingerprint density at radius 1 is 0.632 bits per heavy atom. The third kappa shape index (κ3) is 2.81. The molecule has 8 aromatic rings. The average Bonchev–Trinajstić information content (AvgIpc) is 3.50. The molecule has 0 bridgehead atoms. The molecule has 0 aliphatic rings. The fourth-order valence-electron chi connectivity index (χ4n) is 6.26. The first-order valence-corrected chi connectivity index (χ1v) is 13.0. The maximum absolute atomic E-state index is 6.71. The topological polar surface area (TPSA) is 21.9 Å². The second-order valence-electron chi connectivity index (χ2n) is 10.1. The molecule has 0 unspecified atom stereocenters. The monoisotopic (exact) mass is 489 g/mol. The summed E-state index contributed by atoms with van der Waals surface area (Å²) in [6.45, 7) is 2.19. The van der Waals surface area contributed by atoms with Crippen molar-refractivity contribution in [3.05, 3.63) is 121 Å². The number of pyridine rings is 1. The summed E-state index contributed by atoms with van der Waals surface area (Å²) < 4.78 is 11.3. The van der Waals surface area contributed by atoms with Crippen molar-refractivity contribution in [3.8, 4) is 16.9 Å². The summed E-state index contributed by atoms with van der Waals surface area (Å²) in [5, 5.41) is 7.25. The van der Waals surface area contributed by atoms with Crippen molar-refractivity contribution in [1.29, 1.82) is 0 Å². The summed E-state index contributed by atoms with van der Waals surface area (Å²) in [7, 11) is 2.14. The van der Waals surface area contributed by atoms with Crippen LogP contribution in [0.2, 0.25) is 0 Å². The van der Waals surface area contributed by atoms with Crippen molar-refractivity contribution in [2.45, 2.75) is 6.92 Å². The normalized spacial score (nSPS) is 11.9. The first kappa shape index (κ1) is 21.2. The van der Waals surface area contributed by atoms with Gasteiger partial charge in [0.1, 0.15) is 18.2 Å². The van der Waals surface area contributed by atoms with Crippen LogP contribution >= 0.6 is 0 Å². The van der Waals surface area contributed by atoms with Crippen LogP contribution in [0.25, 0.3) is 71.5 Å². The molecule has 3 nitrogen and oxygen atoms in total. The minimum absolute atomic E-state index is 0.923. The van der Waals surface area contributed by atoms with Crippen LogP contribution in [0.5, 0.6) is 0 Å². The van der Waals surface area contributed by atoms with Gasteiger partial charge in [-0.3, -0.25) is 0 Å². The molecule has 3 heteroatoms. The van der Waals surface area contributed by atoms with E-state index in [2.05, 4.69) is 138 Å². The number of aryl methyl sites for hydroxylation is 2. The van der Waals surface area contributed by atoms with Gasteiger partial charge >= 0.3 is 0 Å².